The van der Waals surface area contributed by atoms with Crippen LogP contribution in [0.2, 0.25) is 0 Å². The van der Waals surface area contributed by atoms with E-state index in [0.29, 0.717) is 5.69 Å². The fourth-order valence-electron chi connectivity index (χ4n) is 0.665. The van der Waals surface area contributed by atoms with E-state index >= 15 is 0 Å². The molecule has 0 saturated heterocycles. The molecule has 1 rings (SSSR count). The average molecular weight is 138 g/mol. The molecule has 0 N–H and O–H groups in total. The van der Waals surface area contributed by atoms with E-state index in [1.54, 1.807) is 0 Å². The Morgan fingerprint density at radius 3 is 2.30 bits per heavy atom. The van der Waals surface area contributed by atoms with Gasteiger partial charge in [0.15, 0.2) is 0 Å². The lowest BCUT2D eigenvalue weighted by Gasteiger charge is -2.11. The van der Waals surface area contributed by atoms with Crippen LogP contribution < -0.4 is 0 Å². The Labute approximate surface area is 61.2 Å². The lowest BCUT2D eigenvalue weighted by molar-refractivity contribution is 0.328. The van der Waals surface area contributed by atoms with Crippen LogP contribution in [0.1, 0.15) is 32.2 Å². The quantitative estimate of drug-likeness (QED) is 0.549. The number of rotatable bonds is 0. The summed E-state index contributed by atoms with van der Waals surface area (Å²) in [7, 11) is 0. The van der Waals surface area contributed by atoms with Crippen LogP contribution in [0, 0.1) is 6.92 Å². The Morgan fingerprint density at radius 2 is 2.10 bits per heavy atom. The normalized spacial score (nSPS) is 12.0. The Hall–Kier alpha value is -0.790. The third-order valence-corrected chi connectivity index (χ3v) is 1.30. The third-order valence-electron chi connectivity index (χ3n) is 1.30. The monoisotopic (exact) mass is 138 g/mol. The molecule has 0 atom stereocenters. The molecular weight excluding hydrogens is 126 g/mol. The zero-order valence-corrected chi connectivity index (χ0v) is 6.64. The van der Waals surface area contributed by atoms with Gasteiger partial charge in [0.25, 0.3) is 0 Å². The molecular formula is C8H12NO. The van der Waals surface area contributed by atoms with E-state index in [4.69, 9.17) is 4.52 Å². The maximum atomic E-state index is 5.02. The van der Waals surface area contributed by atoms with Gasteiger partial charge in [0.2, 0.25) is 0 Å². The fourth-order valence-corrected chi connectivity index (χ4v) is 0.665. The van der Waals surface area contributed by atoms with E-state index in [2.05, 4.69) is 32.9 Å². The minimum absolute atomic E-state index is 0.0446. The molecule has 0 aliphatic carbocycles. The average Bonchev–Trinajstić information content (AvgIpc) is 2.11. The number of nitrogens with zero attached hydrogens (tertiary/aromatic N) is 1. The second kappa shape index (κ2) is 2.11. The van der Waals surface area contributed by atoms with Gasteiger partial charge in [-0.05, 0) is 6.92 Å². The van der Waals surface area contributed by atoms with E-state index in [1.165, 1.54) is 0 Å². The molecule has 1 aromatic heterocycles. The van der Waals surface area contributed by atoms with Gasteiger partial charge in [-0.2, -0.15) is 0 Å². The molecule has 0 saturated carbocycles. The van der Waals surface area contributed by atoms with Crippen molar-refractivity contribution in [3.8, 4) is 0 Å². The molecule has 55 valence electrons. The predicted octanol–water partition coefficient (Wildman–Crippen LogP) is 2.15. The van der Waals surface area contributed by atoms with E-state index in [1.807, 2.05) is 6.07 Å². The first-order valence-corrected chi connectivity index (χ1v) is 3.29. The van der Waals surface area contributed by atoms with Gasteiger partial charge in [-0.3, -0.25) is 0 Å². The van der Waals surface area contributed by atoms with Crippen LogP contribution in [-0.2, 0) is 5.41 Å². The summed E-state index contributed by atoms with van der Waals surface area (Å²) in [5.41, 5.74) is 0.744. The molecule has 2 nitrogen and oxygen atoms in total. The molecule has 0 aliphatic heterocycles. The van der Waals surface area contributed by atoms with Crippen LogP contribution in [0.4, 0.5) is 0 Å². The molecule has 1 heterocycles. The summed E-state index contributed by atoms with van der Waals surface area (Å²) >= 11 is 0. The molecule has 10 heavy (non-hydrogen) atoms. The highest BCUT2D eigenvalue weighted by Gasteiger charge is 2.18. The van der Waals surface area contributed by atoms with Gasteiger partial charge in [-0.25, -0.2) is 0 Å². The van der Waals surface area contributed by atoms with Gasteiger partial charge in [-0.1, -0.05) is 25.9 Å². The Bertz CT molecular complexity index is 219. The summed E-state index contributed by atoms with van der Waals surface area (Å²) in [6.07, 6.45) is 0. The molecule has 0 amide bonds. The highest BCUT2D eigenvalue weighted by atomic mass is 16.5. The first kappa shape index (κ1) is 7.32. The second-order valence-corrected chi connectivity index (χ2v) is 3.43. The fraction of sp³-hybridized carbons (Fsp3) is 0.500. The van der Waals surface area contributed by atoms with Crippen molar-refractivity contribution in [2.24, 2.45) is 0 Å². The van der Waals surface area contributed by atoms with Crippen molar-refractivity contribution in [2.45, 2.75) is 26.2 Å². The summed E-state index contributed by atoms with van der Waals surface area (Å²) in [5, 5.41) is 3.70. The summed E-state index contributed by atoms with van der Waals surface area (Å²) in [6.45, 7) is 9.88. The van der Waals surface area contributed by atoms with Crippen molar-refractivity contribution < 1.29 is 4.52 Å². The first-order chi connectivity index (χ1) is 4.50. The number of hydrogen-bond donors (Lipinski definition) is 0. The summed E-state index contributed by atoms with van der Waals surface area (Å²) < 4.78 is 5.02. The predicted molar refractivity (Wildman–Crippen MR) is 39.7 cm³/mol. The van der Waals surface area contributed by atoms with Gasteiger partial charge in [0.1, 0.15) is 5.76 Å². The molecule has 0 unspecified atom stereocenters. The SMILES string of the molecule is [CH2]c1cc(C(C)(C)C)on1. The van der Waals surface area contributed by atoms with Crippen molar-refractivity contribution in [1.29, 1.82) is 0 Å². The van der Waals surface area contributed by atoms with Gasteiger partial charge in [-0.15, -0.1) is 0 Å². The van der Waals surface area contributed by atoms with Crippen molar-refractivity contribution in [1.82, 2.24) is 5.16 Å². The smallest absolute Gasteiger partial charge is 0.142 e. The molecule has 1 aromatic rings. The topological polar surface area (TPSA) is 26.0 Å². The van der Waals surface area contributed by atoms with E-state index in [0.717, 1.165) is 5.76 Å². The standard InChI is InChI=1S/C8H12NO/c1-6-5-7(10-9-6)8(2,3)4/h5H,1H2,2-4H3. The van der Waals surface area contributed by atoms with Crippen LogP contribution in [0.5, 0.6) is 0 Å². The lowest BCUT2D eigenvalue weighted by Crippen LogP contribution is -2.09. The highest BCUT2D eigenvalue weighted by Crippen LogP contribution is 2.21. The molecule has 0 aliphatic rings. The summed E-state index contributed by atoms with van der Waals surface area (Å²) in [5.74, 6) is 0.887. The zero-order chi connectivity index (χ0) is 7.78. The van der Waals surface area contributed by atoms with Crippen LogP contribution in [-0.4, -0.2) is 5.16 Å². The molecule has 1 radical (unpaired) electrons. The molecule has 0 bridgehead atoms. The van der Waals surface area contributed by atoms with Crippen molar-refractivity contribution in [3.63, 3.8) is 0 Å². The maximum Gasteiger partial charge on any atom is 0.142 e. The summed E-state index contributed by atoms with van der Waals surface area (Å²) in [6, 6.07) is 1.86. The molecule has 0 spiro atoms. The third kappa shape index (κ3) is 1.38. The molecule has 0 aromatic carbocycles. The van der Waals surface area contributed by atoms with Gasteiger partial charge in [0, 0.05) is 11.5 Å². The van der Waals surface area contributed by atoms with E-state index < -0.39 is 0 Å². The van der Waals surface area contributed by atoms with Gasteiger partial charge < -0.3 is 4.52 Å². The maximum absolute atomic E-state index is 5.02. The number of hydrogen-bond acceptors (Lipinski definition) is 2. The van der Waals surface area contributed by atoms with E-state index in [9.17, 15) is 0 Å². The highest BCUT2D eigenvalue weighted by molar-refractivity contribution is 5.14. The van der Waals surface area contributed by atoms with Gasteiger partial charge >= 0.3 is 0 Å². The van der Waals surface area contributed by atoms with Crippen LogP contribution in [0.3, 0.4) is 0 Å². The Kier molecular flexibility index (Phi) is 1.55. The molecule has 0 fully saturated rings. The molecule has 2 heteroatoms. The minimum Gasteiger partial charge on any atom is -0.361 e. The Balaban J connectivity index is 2.96. The van der Waals surface area contributed by atoms with Crippen molar-refractivity contribution in [2.75, 3.05) is 0 Å². The Morgan fingerprint density at radius 1 is 1.50 bits per heavy atom. The van der Waals surface area contributed by atoms with E-state index in [-0.39, 0.29) is 5.41 Å². The number of aromatic nitrogens is 1. The summed E-state index contributed by atoms with van der Waals surface area (Å²) in [4.78, 5) is 0. The largest absolute Gasteiger partial charge is 0.361 e. The minimum atomic E-state index is 0.0446. The van der Waals surface area contributed by atoms with Crippen LogP contribution in [0.25, 0.3) is 0 Å². The second-order valence-electron chi connectivity index (χ2n) is 3.43. The zero-order valence-electron chi connectivity index (χ0n) is 6.64. The van der Waals surface area contributed by atoms with Crippen molar-refractivity contribution in [3.05, 3.63) is 24.4 Å². The van der Waals surface area contributed by atoms with Gasteiger partial charge in [0.05, 0.1) is 5.69 Å². The van der Waals surface area contributed by atoms with Crippen LogP contribution in [0.15, 0.2) is 10.6 Å². The lowest BCUT2D eigenvalue weighted by atomic mass is 9.93. The van der Waals surface area contributed by atoms with Crippen molar-refractivity contribution >= 4 is 0 Å². The first-order valence-electron chi connectivity index (χ1n) is 3.29. The van der Waals surface area contributed by atoms with Crippen LogP contribution >= 0.6 is 0 Å².